The maximum absolute atomic E-state index is 9.25. The minimum atomic E-state index is 0.157. The normalized spacial score (nSPS) is 13.2. The lowest BCUT2D eigenvalue weighted by atomic mass is 10.0. The topological polar surface area (TPSA) is 45.4 Å². The Morgan fingerprint density at radius 2 is 2.06 bits per heavy atom. The van der Waals surface area contributed by atoms with E-state index < -0.39 is 0 Å². The van der Waals surface area contributed by atoms with Crippen LogP contribution in [0.1, 0.15) is 31.8 Å². The van der Waals surface area contributed by atoms with Crippen LogP contribution in [0.2, 0.25) is 0 Å². The van der Waals surface area contributed by atoms with Crippen LogP contribution in [0.15, 0.2) is 16.5 Å². The third kappa shape index (κ3) is 5.61. The summed E-state index contributed by atoms with van der Waals surface area (Å²) in [5, 5.41) is 12.6. The Morgan fingerprint density at radius 1 is 1.35 bits per heavy atom. The number of aliphatic hydroxyl groups is 1. The highest BCUT2D eigenvalue weighted by Gasteiger charge is 2.10. The van der Waals surface area contributed by atoms with Crippen molar-refractivity contribution < 1.29 is 9.52 Å². The average molecular weight is 257 g/mol. The van der Waals surface area contributed by atoms with Crippen molar-refractivity contribution in [2.75, 3.05) is 12.9 Å². The Bertz CT molecular complexity index is 312. The van der Waals surface area contributed by atoms with Crippen LogP contribution >= 0.6 is 11.8 Å². The molecule has 0 spiro atoms. The second-order valence-corrected chi connectivity index (χ2v) is 5.56. The zero-order valence-corrected chi connectivity index (χ0v) is 11.7. The average Bonchev–Trinajstić information content (AvgIpc) is 2.72. The van der Waals surface area contributed by atoms with Crippen LogP contribution in [0.3, 0.4) is 0 Å². The van der Waals surface area contributed by atoms with Gasteiger partial charge in [-0.3, -0.25) is 0 Å². The van der Waals surface area contributed by atoms with Gasteiger partial charge in [-0.05, 0) is 30.7 Å². The molecule has 1 rings (SSSR count). The molecule has 98 valence electrons. The highest BCUT2D eigenvalue weighted by atomic mass is 32.2. The fraction of sp³-hybridized carbons (Fsp3) is 0.692. The Kier molecular flexibility index (Phi) is 6.70. The van der Waals surface area contributed by atoms with Gasteiger partial charge in [0.25, 0.3) is 0 Å². The third-order valence-electron chi connectivity index (χ3n) is 2.55. The van der Waals surface area contributed by atoms with Crippen molar-refractivity contribution in [3.05, 3.63) is 23.7 Å². The molecule has 0 bridgehead atoms. The third-order valence-corrected chi connectivity index (χ3v) is 3.12. The molecule has 2 N–H and O–H groups in total. The lowest BCUT2D eigenvalue weighted by molar-refractivity contribution is 0.220. The summed E-state index contributed by atoms with van der Waals surface area (Å²) in [7, 11) is 0. The van der Waals surface area contributed by atoms with Gasteiger partial charge in [0.1, 0.15) is 11.5 Å². The quantitative estimate of drug-likeness (QED) is 0.751. The summed E-state index contributed by atoms with van der Waals surface area (Å²) in [5.41, 5.74) is 0. The Balaban J connectivity index is 2.36. The first-order chi connectivity index (χ1) is 8.15. The van der Waals surface area contributed by atoms with E-state index in [0.29, 0.717) is 12.5 Å². The van der Waals surface area contributed by atoms with Gasteiger partial charge in [0, 0.05) is 6.04 Å². The number of hydrogen-bond acceptors (Lipinski definition) is 4. The van der Waals surface area contributed by atoms with Crippen molar-refractivity contribution in [2.45, 2.75) is 38.6 Å². The fourth-order valence-corrected chi connectivity index (χ4v) is 2.21. The summed E-state index contributed by atoms with van der Waals surface area (Å²) in [6.45, 7) is 5.19. The van der Waals surface area contributed by atoms with Crippen molar-refractivity contribution in [1.82, 2.24) is 5.32 Å². The van der Waals surface area contributed by atoms with Crippen LogP contribution in [-0.2, 0) is 12.3 Å². The molecular weight excluding hydrogens is 234 g/mol. The van der Waals surface area contributed by atoms with Crippen molar-refractivity contribution in [1.29, 1.82) is 0 Å². The van der Waals surface area contributed by atoms with Gasteiger partial charge in [0.2, 0.25) is 0 Å². The van der Waals surface area contributed by atoms with Crippen LogP contribution in [0.4, 0.5) is 0 Å². The number of aliphatic hydroxyl groups excluding tert-OH is 1. The van der Waals surface area contributed by atoms with E-state index in [0.717, 1.165) is 23.7 Å². The van der Waals surface area contributed by atoms with E-state index in [1.165, 1.54) is 0 Å². The molecule has 1 atom stereocenters. The first kappa shape index (κ1) is 14.6. The zero-order valence-electron chi connectivity index (χ0n) is 10.9. The van der Waals surface area contributed by atoms with Gasteiger partial charge < -0.3 is 14.8 Å². The van der Waals surface area contributed by atoms with E-state index in [1.54, 1.807) is 11.8 Å². The lowest BCUT2D eigenvalue weighted by Gasteiger charge is -2.17. The van der Waals surface area contributed by atoms with Gasteiger partial charge in [-0.1, -0.05) is 13.8 Å². The number of rotatable bonds is 8. The molecule has 0 aliphatic carbocycles. The molecule has 0 aliphatic rings. The van der Waals surface area contributed by atoms with Gasteiger partial charge in [-0.15, -0.1) is 0 Å². The maximum atomic E-state index is 9.25. The Morgan fingerprint density at radius 3 is 2.65 bits per heavy atom. The predicted octanol–water partition coefficient (Wildman–Crippen LogP) is 2.64. The first-order valence-corrected chi connectivity index (χ1v) is 7.45. The van der Waals surface area contributed by atoms with Gasteiger partial charge >= 0.3 is 0 Å². The Labute approximate surface area is 108 Å². The van der Waals surface area contributed by atoms with Gasteiger partial charge in [-0.2, -0.15) is 11.8 Å². The molecule has 0 aromatic carbocycles. The molecule has 0 aliphatic heterocycles. The molecule has 0 amide bonds. The van der Waals surface area contributed by atoms with E-state index in [2.05, 4.69) is 25.4 Å². The summed E-state index contributed by atoms with van der Waals surface area (Å²) in [6.07, 6.45) is 3.04. The molecule has 0 radical (unpaired) electrons. The highest BCUT2D eigenvalue weighted by molar-refractivity contribution is 7.97. The van der Waals surface area contributed by atoms with E-state index in [9.17, 15) is 5.11 Å². The van der Waals surface area contributed by atoms with Gasteiger partial charge in [-0.25, -0.2) is 0 Å². The molecule has 4 heteroatoms. The predicted molar refractivity (Wildman–Crippen MR) is 73.1 cm³/mol. The molecule has 1 aromatic heterocycles. The van der Waals surface area contributed by atoms with Crippen LogP contribution in [0.5, 0.6) is 0 Å². The van der Waals surface area contributed by atoms with Crippen molar-refractivity contribution in [2.24, 2.45) is 5.92 Å². The monoisotopic (exact) mass is 257 g/mol. The van der Waals surface area contributed by atoms with Crippen LogP contribution in [0, 0.1) is 5.92 Å². The largest absolute Gasteiger partial charge is 0.464 e. The summed E-state index contributed by atoms with van der Waals surface area (Å²) in [6, 6.07) is 4.18. The molecule has 0 fully saturated rings. The minimum absolute atomic E-state index is 0.157. The minimum Gasteiger partial charge on any atom is -0.464 e. The smallest absolute Gasteiger partial charge is 0.118 e. The highest BCUT2D eigenvalue weighted by Crippen LogP contribution is 2.13. The van der Waals surface area contributed by atoms with Crippen LogP contribution < -0.4 is 5.32 Å². The molecule has 1 unspecified atom stereocenters. The number of nitrogens with one attached hydrogen (secondary N) is 1. The second-order valence-electron chi connectivity index (χ2n) is 4.69. The summed E-state index contributed by atoms with van der Waals surface area (Å²) < 4.78 is 5.66. The molecule has 1 aromatic rings. The second kappa shape index (κ2) is 7.80. The van der Waals surface area contributed by atoms with E-state index in [-0.39, 0.29) is 12.6 Å². The molecule has 17 heavy (non-hydrogen) atoms. The zero-order chi connectivity index (χ0) is 12.7. The number of furan rings is 1. The maximum Gasteiger partial charge on any atom is 0.118 e. The molecule has 0 saturated heterocycles. The SMILES string of the molecule is CSCc1ccc(CNC(CO)CC(C)C)o1. The molecular formula is C13H23NO2S. The summed E-state index contributed by atoms with van der Waals surface area (Å²) >= 11 is 1.75. The van der Waals surface area contributed by atoms with Crippen molar-refractivity contribution in [3.63, 3.8) is 0 Å². The molecule has 0 saturated carbocycles. The lowest BCUT2D eigenvalue weighted by Crippen LogP contribution is -2.33. The van der Waals surface area contributed by atoms with Gasteiger partial charge in [0.15, 0.2) is 0 Å². The summed E-state index contributed by atoms with van der Waals surface area (Å²) in [4.78, 5) is 0. The first-order valence-electron chi connectivity index (χ1n) is 6.06. The number of hydrogen-bond donors (Lipinski definition) is 2. The number of thioether (sulfide) groups is 1. The van der Waals surface area contributed by atoms with Gasteiger partial charge in [0.05, 0.1) is 18.9 Å². The summed E-state index contributed by atoms with van der Waals surface area (Å²) in [5.74, 6) is 3.45. The van der Waals surface area contributed by atoms with Crippen molar-refractivity contribution in [3.8, 4) is 0 Å². The van der Waals surface area contributed by atoms with E-state index >= 15 is 0 Å². The van der Waals surface area contributed by atoms with E-state index in [4.69, 9.17) is 4.42 Å². The van der Waals surface area contributed by atoms with Crippen LogP contribution in [0.25, 0.3) is 0 Å². The molecule has 1 heterocycles. The van der Waals surface area contributed by atoms with Crippen molar-refractivity contribution >= 4 is 11.8 Å². The molecule has 3 nitrogen and oxygen atoms in total. The Hall–Kier alpha value is -0.450. The van der Waals surface area contributed by atoms with E-state index in [1.807, 2.05) is 12.1 Å². The van der Waals surface area contributed by atoms with Crippen LogP contribution in [-0.4, -0.2) is 24.0 Å². The standard InChI is InChI=1S/C13H23NO2S/c1-10(2)6-11(8-15)14-7-12-4-5-13(16-12)9-17-3/h4-5,10-11,14-15H,6-9H2,1-3H3. The fourth-order valence-electron chi connectivity index (χ4n) is 1.77.